The second-order valence-corrected chi connectivity index (χ2v) is 26.9. The molecule has 5 saturated carbocycles. The lowest BCUT2D eigenvalue weighted by Crippen LogP contribution is -2.68. The van der Waals surface area contributed by atoms with E-state index in [4.69, 9.17) is 52.1 Å². The Morgan fingerprint density at radius 3 is 1.31 bits per heavy atom. The quantitative estimate of drug-likeness (QED) is 0.0344. The summed E-state index contributed by atoms with van der Waals surface area (Å²) >= 11 is 0. The normalized spacial score (nSPS) is 54.5. The van der Waals surface area contributed by atoms with Gasteiger partial charge in [-0.2, -0.15) is 0 Å². The molecule has 32 nitrogen and oxygen atoms in total. The van der Waals surface area contributed by atoms with E-state index in [9.17, 15) is 102 Å². The van der Waals surface area contributed by atoms with Crippen LogP contribution in [0.4, 0.5) is 0 Å². The zero-order valence-electron chi connectivity index (χ0n) is 49.3. The largest absolute Gasteiger partial charge is 0.459 e. The average Bonchev–Trinajstić information content (AvgIpc) is 1.62. The van der Waals surface area contributed by atoms with Crippen molar-refractivity contribution in [2.75, 3.05) is 39.6 Å². The van der Waals surface area contributed by atoms with Crippen LogP contribution in [0.5, 0.6) is 0 Å². The monoisotopic (exact) mass is 1290 g/mol. The maximum absolute atomic E-state index is 15.5. The van der Waals surface area contributed by atoms with Crippen LogP contribution in [-0.2, 0) is 56.9 Å². The molecular weight excluding hydrogens is 1200 g/mol. The van der Waals surface area contributed by atoms with E-state index in [1.165, 1.54) is 0 Å². The topological polar surface area (TPSA) is 523 Å². The molecule has 10 aliphatic rings. The first-order chi connectivity index (χ1) is 42.1. The van der Waals surface area contributed by atoms with Crippen LogP contribution in [0.15, 0.2) is 12.2 Å². The van der Waals surface area contributed by atoms with Gasteiger partial charge in [0.2, 0.25) is 0 Å². The van der Waals surface area contributed by atoms with Crippen LogP contribution < -0.4 is 0 Å². The number of aliphatic hydroxyl groups excluding tert-OH is 20. The maximum atomic E-state index is 15.5. The van der Waals surface area contributed by atoms with Crippen molar-refractivity contribution in [2.45, 2.75) is 262 Å². The summed E-state index contributed by atoms with van der Waals surface area (Å²) in [5.74, 6) is -2.37. The van der Waals surface area contributed by atoms with Gasteiger partial charge in [-0.25, -0.2) is 0 Å². The molecule has 0 aromatic heterocycles. The van der Waals surface area contributed by atoms with Crippen LogP contribution in [0, 0.1) is 34.0 Å². The highest BCUT2D eigenvalue weighted by molar-refractivity contribution is 5.77. The van der Waals surface area contributed by atoms with Crippen LogP contribution in [0.3, 0.4) is 0 Å². The van der Waals surface area contributed by atoms with Gasteiger partial charge in [0.15, 0.2) is 31.5 Å². The molecule has 1 spiro atoms. The molecule has 36 atom stereocenters. The summed E-state index contributed by atoms with van der Waals surface area (Å²) < 4.78 is 67.4. The van der Waals surface area contributed by atoms with Gasteiger partial charge < -0.3 is 154 Å². The van der Waals surface area contributed by atoms with Gasteiger partial charge in [-0.15, -0.1) is 0 Å². The summed E-state index contributed by atoms with van der Waals surface area (Å²) in [5, 5.41) is 215. The molecule has 5 saturated heterocycles. The molecule has 512 valence electrons. The summed E-state index contributed by atoms with van der Waals surface area (Å²) in [5.41, 5.74) is -3.06. The number of esters is 1. The summed E-state index contributed by atoms with van der Waals surface area (Å²) in [4.78, 5) is 15.5. The minimum atomic E-state index is -2.02. The summed E-state index contributed by atoms with van der Waals surface area (Å²) in [7, 11) is 0. The van der Waals surface area contributed by atoms with Gasteiger partial charge in [-0.1, -0.05) is 19.9 Å². The van der Waals surface area contributed by atoms with Crippen molar-refractivity contribution in [1.29, 1.82) is 0 Å². The van der Waals surface area contributed by atoms with E-state index >= 15 is 4.79 Å². The molecular formula is C57H92O32. The van der Waals surface area contributed by atoms with Crippen molar-refractivity contribution in [3.05, 3.63) is 12.2 Å². The number of hydrogen-bond donors (Lipinski definition) is 20. The predicted octanol–water partition coefficient (Wildman–Crippen LogP) is -8.80. The van der Waals surface area contributed by atoms with E-state index in [1.807, 2.05) is 0 Å². The Labute approximate surface area is 511 Å². The first kappa shape index (κ1) is 69.8. The Morgan fingerprint density at radius 1 is 0.461 bits per heavy atom. The van der Waals surface area contributed by atoms with Crippen LogP contribution in [0.2, 0.25) is 0 Å². The van der Waals surface area contributed by atoms with E-state index in [1.54, 1.807) is 6.92 Å². The number of fused-ring (bicyclic) bond motifs is 3. The molecule has 32 unspecified atom stereocenters. The number of aliphatic hydroxyl groups is 20. The Balaban J connectivity index is 0.921. The van der Waals surface area contributed by atoms with Gasteiger partial charge in [0.05, 0.1) is 50.2 Å². The molecule has 10 rings (SSSR count). The molecule has 89 heavy (non-hydrogen) atoms. The zero-order chi connectivity index (χ0) is 64.7. The zero-order valence-corrected chi connectivity index (χ0v) is 49.3. The van der Waals surface area contributed by atoms with Gasteiger partial charge in [-0.05, 0) is 93.0 Å². The Morgan fingerprint density at radius 2 is 0.865 bits per heavy atom. The molecule has 2 bridgehead atoms. The van der Waals surface area contributed by atoms with E-state index < -0.39 is 251 Å². The first-order valence-electron chi connectivity index (χ1n) is 30.8. The molecule has 20 N–H and O–H groups in total. The number of carbonyl (C=O) groups is 1. The van der Waals surface area contributed by atoms with Crippen LogP contribution >= 0.6 is 0 Å². The van der Waals surface area contributed by atoms with Crippen molar-refractivity contribution in [3.8, 4) is 0 Å². The molecule has 5 aliphatic carbocycles. The van der Waals surface area contributed by atoms with Crippen LogP contribution in [-0.4, -0.2) is 331 Å². The highest BCUT2D eigenvalue weighted by atomic mass is 16.8. The molecule has 0 aromatic carbocycles. The molecule has 0 aromatic rings. The third-order valence-corrected chi connectivity index (χ3v) is 21.8. The second kappa shape index (κ2) is 27.3. The average molecular weight is 1290 g/mol. The second-order valence-electron chi connectivity index (χ2n) is 26.9. The van der Waals surface area contributed by atoms with Crippen molar-refractivity contribution >= 4 is 5.97 Å². The third kappa shape index (κ3) is 12.3. The lowest BCUT2D eigenvalue weighted by atomic mass is 9.41. The van der Waals surface area contributed by atoms with E-state index in [0.29, 0.717) is 56.9 Å². The Hall–Kier alpha value is -1.99. The highest BCUT2D eigenvalue weighted by Gasteiger charge is 2.70. The predicted molar refractivity (Wildman–Crippen MR) is 288 cm³/mol. The highest BCUT2D eigenvalue weighted by Crippen LogP contribution is 2.74. The lowest BCUT2D eigenvalue weighted by Gasteiger charge is -2.64. The van der Waals surface area contributed by atoms with Crippen molar-refractivity contribution in [3.63, 3.8) is 0 Å². The van der Waals surface area contributed by atoms with Gasteiger partial charge in [0, 0.05) is 12.5 Å². The fourth-order valence-electron chi connectivity index (χ4n) is 16.9. The standard InChI is InChI=1S/C57H92O32/c1-20-12-56-9-5-28-54(2,7-4-8-55(28,3)53(78)84-22-11-21(13-58)30(64)45(86-49-41(75)37(71)32(66)24(15-60)80-49)44(22)85-48-40(74)36(70)31(65)23(14-59)79-48)29(56)6-10-57(20,19-56)89-52-47(88-51-43(77)39(73)34(68)26(17-62)82-51)46(35(69)27(18-63)83-52)87-50-42(76)38(72)33(67)25(16-61)81-50/h21-52,58-77H,1,4-19H2,2-3H3/t21?,22?,23?,24?,25?,26?,27?,28?,29-,30?,31?,32?,33?,34?,35?,36?,37?,38?,39?,40?,41?,42?,43?,44?,45?,46?,47?,48?,49?,50?,51?,52?,54+,55+,56+,57?/m0/s1. The smallest absolute Gasteiger partial charge is 0.312 e. The molecule has 5 aliphatic heterocycles. The molecule has 5 heterocycles. The number of ether oxygens (including phenoxy) is 11. The van der Waals surface area contributed by atoms with Crippen molar-refractivity contribution < 1.29 is 159 Å². The summed E-state index contributed by atoms with van der Waals surface area (Å²) in [6.45, 7) is 3.43. The first-order valence-corrected chi connectivity index (χ1v) is 30.8. The van der Waals surface area contributed by atoms with Gasteiger partial charge >= 0.3 is 5.97 Å². The van der Waals surface area contributed by atoms with Crippen molar-refractivity contribution in [1.82, 2.24) is 0 Å². The number of rotatable bonds is 18. The summed E-state index contributed by atoms with van der Waals surface area (Å²) in [6, 6.07) is 0. The molecule has 0 radical (unpaired) electrons. The maximum Gasteiger partial charge on any atom is 0.312 e. The van der Waals surface area contributed by atoms with E-state index in [0.717, 1.165) is 0 Å². The Bertz CT molecular complexity index is 2390. The number of carbonyl (C=O) groups excluding carboxylic acids is 1. The Kier molecular flexibility index (Phi) is 21.4. The van der Waals surface area contributed by atoms with E-state index in [-0.39, 0.29) is 24.7 Å². The van der Waals surface area contributed by atoms with Crippen LogP contribution in [0.1, 0.15) is 78.1 Å². The fraction of sp³-hybridized carbons (Fsp3) is 0.947. The molecule has 0 amide bonds. The molecule has 10 fully saturated rings. The molecule has 32 heteroatoms. The minimum Gasteiger partial charge on any atom is -0.459 e. The van der Waals surface area contributed by atoms with Crippen molar-refractivity contribution in [2.24, 2.45) is 34.0 Å². The van der Waals surface area contributed by atoms with E-state index in [2.05, 4.69) is 13.5 Å². The van der Waals surface area contributed by atoms with Gasteiger partial charge in [0.1, 0.15) is 140 Å². The SMILES string of the molecule is C=C1C[C@@]23CCC4[C@](C)(C(=O)OC5CC(CO)C(O)C(OC6OC(CO)C(O)C(O)C6O)C5OC5OC(CO)C(O)C(O)C5O)CCC[C@@]4(C)[C@@H]2CCC1(OC1OC(CO)C(O)C(OC2OC(CO)C(O)C(O)C2O)C1OC1OC(CO)C(O)C(O)C1O)C3. The van der Waals surface area contributed by atoms with Crippen LogP contribution in [0.25, 0.3) is 0 Å². The third-order valence-electron chi connectivity index (χ3n) is 21.8. The minimum absolute atomic E-state index is 0.123. The fourth-order valence-corrected chi connectivity index (χ4v) is 16.9. The van der Waals surface area contributed by atoms with Gasteiger partial charge in [-0.3, -0.25) is 4.79 Å². The lowest BCUT2D eigenvalue weighted by molar-refractivity contribution is -0.400. The number of hydrogen-bond acceptors (Lipinski definition) is 32. The summed E-state index contributed by atoms with van der Waals surface area (Å²) in [6.07, 6.45) is -48.7. The van der Waals surface area contributed by atoms with Gasteiger partial charge in [0.25, 0.3) is 0 Å².